The van der Waals surface area contributed by atoms with Gasteiger partial charge in [0.05, 0.1) is 19.7 Å². The Bertz CT molecular complexity index is 1000. The Balaban J connectivity index is 1.69. The molecule has 0 aliphatic carbocycles. The molecule has 2 amide bonds. The van der Waals surface area contributed by atoms with Gasteiger partial charge in [-0.05, 0) is 36.6 Å². The van der Waals surface area contributed by atoms with Crippen molar-refractivity contribution in [1.82, 2.24) is 9.80 Å². The number of aryl methyl sites for hydroxylation is 2. The second kappa shape index (κ2) is 12.9. The fraction of sp³-hybridized carbons (Fsp3) is 0.333. The van der Waals surface area contributed by atoms with Crippen LogP contribution in [-0.2, 0) is 33.8 Å². The van der Waals surface area contributed by atoms with Gasteiger partial charge in [-0.2, -0.15) is 0 Å². The van der Waals surface area contributed by atoms with Crippen LogP contribution in [0.1, 0.15) is 27.3 Å². The van der Waals surface area contributed by atoms with Crippen LogP contribution in [0.5, 0.6) is 0 Å². The molecule has 0 saturated heterocycles. The van der Waals surface area contributed by atoms with Gasteiger partial charge >= 0.3 is 0 Å². The molecule has 2 aromatic carbocycles. The lowest BCUT2D eigenvalue weighted by molar-refractivity contribution is -0.141. The lowest BCUT2D eigenvalue weighted by Gasteiger charge is -2.27. The smallest absolute Gasteiger partial charge is 0.242 e. The molecule has 6 heteroatoms. The summed E-state index contributed by atoms with van der Waals surface area (Å²) in [6, 6.07) is 24.0. The Morgan fingerprint density at radius 1 is 0.818 bits per heavy atom. The van der Waals surface area contributed by atoms with Crippen LogP contribution in [-0.4, -0.2) is 48.4 Å². The number of hydrogen-bond acceptors (Lipinski definition) is 4. The summed E-state index contributed by atoms with van der Waals surface area (Å²) in [5, 5.41) is 0. The van der Waals surface area contributed by atoms with Crippen molar-refractivity contribution in [2.24, 2.45) is 0 Å². The lowest BCUT2D eigenvalue weighted by Crippen LogP contribution is -2.43. The van der Waals surface area contributed by atoms with E-state index < -0.39 is 0 Å². The molecule has 3 aromatic rings. The minimum absolute atomic E-state index is 0.0316. The molecule has 0 aliphatic heterocycles. The van der Waals surface area contributed by atoms with Crippen molar-refractivity contribution in [3.63, 3.8) is 0 Å². The quantitative estimate of drug-likeness (QED) is 0.391. The van der Waals surface area contributed by atoms with E-state index in [2.05, 4.69) is 19.1 Å². The maximum Gasteiger partial charge on any atom is 0.242 e. The minimum Gasteiger partial charge on any atom is -0.383 e. The number of rotatable bonds is 12. The van der Waals surface area contributed by atoms with E-state index in [1.807, 2.05) is 65.6 Å². The highest BCUT2D eigenvalue weighted by molar-refractivity contribution is 7.11. The van der Waals surface area contributed by atoms with Gasteiger partial charge in [0, 0.05) is 36.4 Å². The first-order chi connectivity index (χ1) is 16.0. The van der Waals surface area contributed by atoms with Gasteiger partial charge in [0.15, 0.2) is 0 Å². The summed E-state index contributed by atoms with van der Waals surface area (Å²) in [5.41, 5.74) is 2.18. The Morgan fingerprint density at radius 3 is 2.09 bits per heavy atom. The minimum atomic E-state index is -0.0610. The van der Waals surface area contributed by atoms with Gasteiger partial charge in [0.1, 0.15) is 0 Å². The topological polar surface area (TPSA) is 49.9 Å². The van der Waals surface area contributed by atoms with E-state index in [1.165, 1.54) is 4.88 Å². The molecule has 0 N–H and O–H groups in total. The number of benzene rings is 2. The van der Waals surface area contributed by atoms with Crippen molar-refractivity contribution in [3.05, 3.63) is 93.7 Å². The zero-order valence-electron chi connectivity index (χ0n) is 19.4. The van der Waals surface area contributed by atoms with E-state index >= 15 is 0 Å². The van der Waals surface area contributed by atoms with Crippen molar-refractivity contribution >= 4 is 23.2 Å². The molecule has 33 heavy (non-hydrogen) atoms. The summed E-state index contributed by atoms with van der Waals surface area (Å²) in [4.78, 5) is 32.2. The molecule has 0 saturated carbocycles. The third-order valence-corrected chi connectivity index (χ3v) is 6.41. The Labute approximate surface area is 200 Å². The van der Waals surface area contributed by atoms with Crippen LogP contribution in [0.15, 0.2) is 72.8 Å². The van der Waals surface area contributed by atoms with Gasteiger partial charge in [0.25, 0.3) is 0 Å². The molecule has 0 aliphatic rings. The van der Waals surface area contributed by atoms with Crippen LogP contribution in [0.2, 0.25) is 0 Å². The monoisotopic (exact) mass is 464 g/mol. The number of ether oxygens (including phenoxy) is 1. The molecule has 0 spiro atoms. The number of carbonyl (C=O) groups is 2. The van der Waals surface area contributed by atoms with Gasteiger partial charge < -0.3 is 14.5 Å². The highest BCUT2D eigenvalue weighted by atomic mass is 32.1. The third-order valence-electron chi connectivity index (χ3n) is 5.43. The lowest BCUT2D eigenvalue weighted by atomic mass is 10.1. The summed E-state index contributed by atoms with van der Waals surface area (Å²) in [6.07, 6.45) is 1.02. The number of amides is 2. The van der Waals surface area contributed by atoms with Crippen molar-refractivity contribution in [2.45, 2.75) is 32.9 Å². The largest absolute Gasteiger partial charge is 0.383 e. The summed E-state index contributed by atoms with van der Waals surface area (Å²) < 4.78 is 5.20. The predicted molar refractivity (Wildman–Crippen MR) is 133 cm³/mol. The van der Waals surface area contributed by atoms with Crippen LogP contribution >= 0.6 is 11.3 Å². The average molecular weight is 465 g/mol. The predicted octanol–water partition coefficient (Wildman–Crippen LogP) is 4.69. The molecule has 5 nitrogen and oxygen atoms in total. The molecule has 0 bridgehead atoms. The second-order valence-electron chi connectivity index (χ2n) is 8.04. The fourth-order valence-electron chi connectivity index (χ4n) is 3.61. The van der Waals surface area contributed by atoms with Gasteiger partial charge in [-0.3, -0.25) is 9.59 Å². The van der Waals surface area contributed by atoms with Crippen molar-refractivity contribution in [3.8, 4) is 0 Å². The summed E-state index contributed by atoms with van der Waals surface area (Å²) in [7, 11) is 1.61. The Kier molecular flexibility index (Phi) is 9.66. The SMILES string of the molecule is COCCN(CC(=O)N(Cc1ccccc1)Cc1ccc(C)s1)C(=O)CCc1ccccc1. The van der Waals surface area contributed by atoms with E-state index in [0.29, 0.717) is 39.1 Å². The molecule has 174 valence electrons. The van der Waals surface area contributed by atoms with Gasteiger partial charge in [0.2, 0.25) is 11.8 Å². The Hall–Kier alpha value is -2.96. The highest BCUT2D eigenvalue weighted by Crippen LogP contribution is 2.19. The van der Waals surface area contributed by atoms with E-state index in [4.69, 9.17) is 4.74 Å². The maximum atomic E-state index is 13.4. The van der Waals surface area contributed by atoms with Crippen molar-refractivity contribution < 1.29 is 14.3 Å². The molecular formula is C27H32N2O3S. The van der Waals surface area contributed by atoms with E-state index in [-0.39, 0.29) is 18.4 Å². The molecule has 0 radical (unpaired) electrons. The molecular weight excluding hydrogens is 432 g/mol. The maximum absolute atomic E-state index is 13.4. The van der Waals surface area contributed by atoms with Gasteiger partial charge in [-0.1, -0.05) is 60.7 Å². The first kappa shape index (κ1) is 24.7. The van der Waals surface area contributed by atoms with Crippen LogP contribution in [0.3, 0.4) is 0 Å². The third kappa shape index (κ3) is 8.15. The van der Waals surface area contributed by atoms with Crippen LogP contribution in [0.25, 0.3) is 0 Å². The highest BCUT2D eigenvalue weighted by Gasteiger charge is 2.22. The summed E-state index contributed by atoms with van der Waals surface area (Å²) in [6.45, 7) is 3.94. The normalized spacial score (nSPS) is 10.7. The molecule has 0 fully saturated rings. The number of nitrogens with zero attached hydrogens (tertiary/aromatic N) is 2. The van der Waals surface area contributed by atoms with Crippen LogP contribution in [0, 0.1) is 6.92 Å². The number of hydrogen-bond donors (Lipinski definition) is 0. The molecule has 1 aromatic heterocycles. The summed E-state index contributed by atoms with van der Waals surface area (Å²) >= 11 is 1.69. The zero-order chi connectivity index (χ0) is 23.5. The van der Waals surface area contributed by atoms with Crippen molar-refractivity contribution in [1.29, 1.82) is 0 Å². The van der Waals surface area contributed by atoms with Crippen LogP contribution < -0.4 is 0 Å². The fourth-order valence-corrected chi connectivity index (χ4v) is 4.51. The first-order valence-electron chi connectivity index (χ1n) is 11.2. The molecule has 0 unspecified atom stereocenters. The van der Waals surface area contributed by atoms with E-state index in [9.17, 15) is 9.59 Å². The molecule has 3 rings (SSSR count). The Morgan fingerprint density at radius 2 is 1.48 bits per heavy atom. The zero-order valence-corrected chi connectivity index (χ0v) is 20.2. The average Bonchev–Trinajstić information content (AvgIpc) is 3.25. The molecule has 0 atom stereocenters. The van der Waals surface area contributed by atoms with Gasteiger partial charge in [-0.25, -0.2) is 0 Å². The molecule has 1 heterocycles. The van der Waals surface area contributed by atoms with E-state index in [1.54, 1.807) is 23.3 Å². The standard InChI is InChI=1S/C27H32N2O3S/c1-22-13-15-25(33-22)20-29(19-24-11-7-4-8-12-24)27(31)21-28(17-18-32-2)26(30)16-14-23-9-5-3-6-10-23/h3-13,15H,14,16-21H2,1-2H3. The number of thiophene rings is 1. The van der Waals surface area contributed by atoms with Gasteiger partial charge in [-0.15, -0.1) is 11.3 Å². The number of methoxy groups -OCH3 is 1. The second-order valence-corrected chi connectivity index (χ2v) is 9.41. The number of carbonyl (C=O) groups excluding carboxylic acids is 2. The van der Waals surface area contributed by atoms with E-state index in [0.717, 1.165) is 16.0 Å². The van der Waals surface area contributed by atoms with Crippen molar-refractivity contribution in [2.75, 3.05) is 26.8 Å². The summed E-state index contributed by atoms with van der Waals surface area (Å²) in [5.74, 6) is -0.0926. The van der Waals surface area contributed by atoms with Crippen LogP contribution in [0.4, 0.5) is 0 Å². The first-order valence-corrected chi connectivity index (χ1v) is 12.0.